The van der Waals surface area contributed by atoms with Gasteiger partial charge in [0.25, 0.3) is 0 Å². The highest BCUT2D eigenvalue weighted by Crippen LogP contribution is 2.28. The summed E-state index contributed by atoms with van der Waals surface area (Å²) < 4.78 is 26.6. The molecule has 0 radical (unpaired) electrons. The Bertz CT molecular complexity index is 915. The number of ether oxygens (including phenoxy) is 5. The number of amides is 1. The van der Waals surface area contributed by atoms with Gasteiger partial charge in [0.1, 0.15) is 24.5 Å². The molecule has 2 N–H and O–H groups in total. The molecule has 1 fully saturated rings. The minimum Gasteiger partial charge on any atom is -0.508 e. The van der Waals surface area contributed by atoms with Gasteiger partial charge in [-0.2, -0.15) is 0 Å². The fraction of sp³-hybridized carbons (Fsp3) is 0.476. The highest BCUT2D eigenvalue weighted by atomic mass is 16.7. The number of nitrogens with one attached hydrogen (secondary N) is 1. The van der Waals surface area contributed by atoms with Crippen LogP contribution in [0.25, 0.3) is 0 Å². The lowest BCUT2D eigenvalue weighted by Crippen LogP contribution is -2.66. The Labute approximate surface area is 189 Å². The maximum atomic E-state index is 12.7. The van der Waals surface area contributed by atoms with Crippen molar-refractivity contribution in [3.05, 3.63) is 29.8 Å². The molecule has 180 valence electrons. The zero-order valence-corrected chi connectivity index (χ0v) is 18.4. The van der Waals surface area contributed by atoms with Gasteiger partial charge in [-0.15, -0.1) is 0 Å². The summed E-state index contributed by atoms with van der Waals surface area (Å²) in [7, 11) is 0. The van der Waals surface area contributed by atoms with Gasteiger partial charge >= 0.3 is 23.9 Å². The molecule has 0 aromatic heterocycles. The van der Waals surface area contributed by atoms with Crippen LogP contribution in [0.1, 0.15) is 38.1 Å². The van der Waals surface area contributed by atoms with Crippen LogP contribution in [0.4, 0.5) is 0 Å². The van der Waals surface area contributed by atoms with E-state index >= 15 is 0 Å². The first-order valence-electron chi connectivity index (χ1n) is 9.88. The van der Waals surface area contributed by atoms with Crippen molar-refractivity contribution in [1.29, 1.82) is 0 Å². The largest absolute Gasteiger partial charge is 0.508 e. The third-order valence-corrected chi connectivity index (χ3v) is 4.38. The summed E-state index contributed by atoms with van der Waals surface area (Å²) in [6.45, 7) is 4.09. The second kappa shape index (κ2) is 11.3. The van der Waals surface area contributed by atoms with Crippen LogP contribution in [0.15, 0.2) is 24.3 Å². The molecule has 12 nitrogen and oxygen atoms in total. The number of esters is 4. The number of carbonyl (C=O) groups is 5. The minimum absolute atomic E-state index is 0.0251. The summed E-state index contributed by atoms with van der Waals surface area (Å²) in [4.78, 5) is 59.3. The first kappa shape index (κ1) is 25.6. The van der Waals surface area contributed by atoms with Crippen LogP contribution < -0.4 is 5.32 Å². The van der Waals surface area contributed by atoms with Crippen LogP contribution in [-0.4, -0.2) is 72.1 Å². The minimum atomic E-state index is -1.54. The molecule has 0 aliphatic carbocycles. The van der Waals surface area contributed by atoms with Gasteiger partial charge in [-0.1, -0.05) is 6.07 Å². The molecule has 0 bridgehead atoms. The lowest BCUT2D eigenvalue weighted by atomic mass is 9.96. The standard InChI is InChI=1S/C21H25NO11/c1-10(23)22-17-19(31-13(4)26)18(30-12(3)25)16(9-29-11(2)24)32-21(17)33-20(28)14-6-5-7-15(27)8-14/h5-8,16-19,21,27H,9H2,1-4H3,(H,22,23)/t16-,17+,18+,19+,21-/m0/s1. The Balaban J connectivity index is 2.43. The maximum Gasteiger partial charge on any atom is 0.340 e. The van der Waals surface area contributed by atoms with E-state index in [0.29, 0.717) is 0 Å². The van der Waals surface area contributed by atoms with Gasteiger partial charge in [-0.25, -0.2) is 4.79 Å². The Morgan fingerprint density at radius 1 is 0.939 bits per heavy atom. The van der Waals surface area contributed by atoms with Gasteiger partial charge in [-0.05, 0) is 18.2 Å². The first-order chi connectivity index (χ1) is 15.5. The summed E-state index contributed by atoms with van der Waals surface area (Å²) in [5.74, 6) is -3.90. The van der Waals surface area contributed by atoms with E-state index < -0.39 is 67.0 Å². The third kappa shape index (κ3) is 7.45. The monoisotopic (exact) mass is 467 g/mol. The maximum absolute atomic E-state index is 12.7. The summed E-state index contributed by atoms with van der Waals surface area (Å²) in [6.07, 6.45) is -5.42. The van der Waals surface area contributed by atoms with Crippen LogP contribution in [-0.2, 0) is 42.9 Å². The van der Waals surface area contributed by atoms with Gasteiger partial charge in [0.2, 0.25) is 12.2 Å². The first-order valence-corrected chi connectivity index (χ1v) is 9.88. The number of phenolic OH excluding ortho intramolecular Hbond substituents is 1. The summed E-state index contributed by atoms with van der Waals surface area (Å²) >= 11 is 0. The van der Waals surface area contributed by atoms with Crippen LogP contribution in [0, 0.1) is 0 Å². The number of benzene rings is 1. The second-order valence-electron chi connectivity index (χ2n) is 7.18. The topological polar surface area (TPSA) is 164 Å². The van der Waals surface area contributed by atoms with Crippen LogP contribution in [0.5, 0.6) is 5.75 Å². The van der Waals surface area contributed by atoms with E-state index in [1.165, 1.54) is 25.1 Å². The smallest absolute Gasteiger partial charge is 0.340 e. The molecule has 1 aliphatic rings. The molecule has 1 aromatic rings. The number of hydrogen-bond acceptors (Lipinski definition) is 11. The van der Waals surface area contributed by atoms with Crippen molar-refractivity contribution in [3.63, 3.8) is 0 Å². The van der Waals surface area contributed by atoms with Crippen LogP contribution >= 0.6 is 0 Å². The number of carbonyl (C=O) groups excluding carboxylic acids is 5. The zero-order valence-electron chi connectivity index (χ0n) is 18.4. The van der Waals surface area contributed by atoms with Crippen molar-refractivity contribution in [3.8, 4) is 5.75 Å². The highest BCUT2D eigenvalue weighted by molar-refractivity contribution is 5.90. The van der Waals surface area contributed by atoms with Gasteiger partial charge in [-0.3, -0.25) is 19.2 Å². The quantitative estimate of drug-likeness (QED) is 0.416. The summed E-state index contributed by atoms with van der Waals surface area (Å²) in [5.41, 5.74) is -0.0251. The lowest BCUT2D eigenvalue weighted by molar-refractivity contribution is -0.263. The Kier molecular flexibility index (Phi) is 8.74. The number of phenols is 1. The van der Waals surface area contributed by atoms with Gasteiger partial charge in [0.15, 0.2) is 12.2 Å². The van der Waals surface area contributed by atoms with Crippen molar-refractivity contribution in [2.24, 2.45) is 0 Å². The molecule has 0 saturated carbocycles. The van der Waals surface area contributed by atoms with Crippen molar-refractivity contribution < 1.29 is 52.8 Å². The molecule has 1 amide bonds. The van der Waals surface area contributed by atoms with E-state index in [-0.39, 0.29) is 11.3 Å². The molecule has 1 aliphatic heterocycles. The van der Waals surface area contributed by atoms with Gasteiger partial charge in [0.05, 0.1) is 5.56 Å². The predicted molar refractivity (Wildman–Crippen MR) is 108 cm³/mol. The zero-order chi connectivity index (χ0) is 24.7. The van der Waals surface area contributed by atoms with Crippen molar-refractivity contribution in [2.45, 2.75) is 58.3 Å². The summed E-state index contributed by atoms with van der Waals surface area (Å²) in [5, 5.41) is 12.1. The fourth-order valence-corrected chi connectivity index (χ4v) is 3.20. The molecule has 0 spiro atoms. The normalized spacial score (nSPS) is 24.2. The number of aromatic hydroxyl groups is 1. The third-order valence-electron chi connectivity index (χ3n) is 4.38. The van der Waals surface area contributed by atoms with Crippen LogP contribution in [0.3, 0.4) is 0 Å². The Morgan fingerprint density at radius 3 is 2.12 bits per heavy atom. The fourth-order valence-electron chi connectivity index (χ4n) is 3.20. The molecule has 33 heavy (non-hydrogen) atoms. The molecule has 1 saturated heterocycles. The Morgan fingerprint density at radius 2 is 1.58 bits per heavy atom. The van der Waals surface area contributed by atoms with E-state index in [1.807, 2.05) is 0 Å². The van der Waals surface area contributed by atoms with E-state index in [0.717, 1.165) is 26.8 Å². The second-order valence-corrected chi connectivity index (χ2v) is 7.18. The molecule has 2 rings (SSSR count). The van der Waals surface area contributed by atoms with Crippen LogP contribution in [0.2, 0.25) is 0 Å². The van der Waals surface area contributed by atoms with E-state index in [1.54, 1.807) is 0 Å². The predicted octanol–water partition coefficient (Wildman–Crippen LogP) is 0.205. The molecular weight excluding hydrogens is 442 g/mol. The molecule has 5 atom stereocenters. The average Bonchev–Trinajstić information content (AvgIpc) is 2.69. The molecule has 0 unspecified atom stereocenters. The Hall–Kier alpha value is -3.67. The van der Waals surface area contributed by atoms with E-state index in [4.69, 9.17) is 23.7 Å². The highest BCUT2D eigenvalue weighted by Gasteiger charge is 2.52. The number of rotatable bonds is 7. The van der Waals surface area contributed by atoms with Crippen molar-refractivity contribution in [2.75, 3.05) is 6.61 Å². The molecule has 1 aromatic carbocycles. The van der Waals surface area contributed by atoms with E-state index in [9.17, 15) is 29.1 Å². The molecule has 1 heterocycles. The lowest BCUT2D eigenvalue weighted by Gasteiger charge is -2.44. The SMILES string of the molecule is CC(=O)N[C@H]1[C@H](OC(=O)c2cccc(O)c2)O[C@@H](COC(C)=O)[C@@H](OC(C)=O)[C@@H]1OC(C)=O. The van der Waals surface area contributed by atoms with Crippen molar-refractivity contribution >= 4 is 29.8 Å². The average molecular weight is 467 g/mol. The summed E-state index contributed by atoms with van der Waals surface area (Å²) in [6, 6.07) is 4.01. The molecular formula is C21H25NO11. The number of hydrogen-bond donors (Lipinski definition) is 2. The van der Waals surface area contributed by atoms with Crippen molar-refractivity contribution in [1.82, 2.24) is 5.32 Å². The molecule has 12 heteroatoms. The van der Waals surface area contributed by atoms with Gasteiger partial charge in [0, 0.05) is 27.7 Å². The van der Waals surface area contributed by atoms with Gasteiger partial charge < -0.3 is 34.1 Å². The van der Waals surface area contributed by atoms with E-state index in [2.05, 4.69) is 5.32 Å².